The summed E-state index contributed by atoms with van der Waals surface area (Å²) in [5.74, 6) is 0.192. The average Bonchev–Trinajstić information content (AvgIpc) is 2.34. The van der Waals surface area contributed by atoms with E-state index in [4.69, 9.17) is 0 Å². The predicted molar refractivity (Wildman–Crippen MR) is 112 cm³/mol. The Hall–Kier alpha value is -0.876. The average molecular weight is 364 g/mol. The molecule has 0 bridgehead atoms. The number of carbonyl (C=O) groups is 1. The van der Waals surface area contributed by atoms with Gasteiger partial charge in [-0.25, -0.2) is 0 Å². The second-order valence-electron chi connectivity index (χ2n) is 9.65. The molecule has 0 fully saturated rings. The zero-order valence-corrected chi connectivity index (χ0v) is 19.4. The van der Waals surface area contributed by atoms with Crippen molar-refractivity contribution in [1.82, 2.24) is 4.90 Å². The van der Waals surface area contributed by atoms with Gasteiger partial charge in [0.2, 0.25) is 0 Å². The lowest BCUT2D eigenvalue weighted by atomic mass is 10.1. The molecule has 0 saturated heterocycles. The molecule has 0 saturated carbocycles. The van der Waals surface area contributed by atoms with Crippen molar-refractivity contribution in [3.8, 4) is 0 Å². The van der Waals surface area contributed by atoms with Crippen molar-refractivity contribution in [3.63, 3.8) is 0 Å². The molecule has 0 atom stereocenters. The van der Waals surface area contributed by atoms with E-state index in [9.17, 15) is 4.79 Å². The Morgan fingerprint density at radius 3 is 1.62 bits per heavy atom. The van der Waals surface area contributed by atoms with Crippen LogP contribution in [-0.2, 0) is 0 Å². The molecule has 0 aliphatic carbocycles. The van der Waals surface area contributed by atoms with E-state index >= 15 is 0 Å². The molecule has 24 heavy (non-hydrogen) atoms. The van der Waals surface area contributed by atoms with E-state index < -0.39 is 16.1 Å². The first-order chi connectivity index (χ1) is 10.8. The Bertz CT molecular complexity index is 546. The van der Waals surface area contributed by atoms with Gasteiger partial charge < -0.3 is 4.90 Å². The van der Waals surface area contributed by atoms with Crippen molar-refractivity contribution in [2.24, 2.45) is 0 Å². The van der Waals surface area contributed by atoms with Crippen molar-refractivity contribution in [1.29, 1.82) is 0 Å². The van der Waals surface area contributed by atoms with Crippen LogP contribution >= 0.6 is 0 Å². The van der Waals surface area contributed by atoms with E-state index in [0.29, 0.717) is 5.16 Å². The summed E-state index contributed by atoms with van der Waals surface area (Å²) in [5.41, 5.74) is 2.22. The third-order valence-electron chi connectivity index (χ3n) is 4.58. The fourth-order valence-electron chi connectivity index (χ4n) is 4.38. The molecule has 0 aliphatic rings. The monoisotopic (exact) mass is 363 g/mol. The van der Waals surface area contributed by atoms with Crippen molar-refractivity contribution < 1.29 is 4.79 Å². The number of hydrogen-bond acceptors (Lipinski definition) is 1. The van der Waals surface area contributed by atoms with Gasteiger partial charge in [-0.05, 0) is 44.5 Å². The van der Waals surface area contributed by atoms with Gasteiger partial charge in [-0.15, -0.1) is 0 Å². The van der Waals surface area contributed by atoms with Gasteiger partial charge >= 0.3 is 0 Å². The molecule has 0 N–H and O–H groups in total. The smallest absolute Gasteiger partial charge is 0.254 e. The topological polar surface area (TPSA) is 20.3 Å². The molecule has 136 valence electrons. The lowest BCUT2D eigenvalue weighted by Crippen LogP contribution is -2.48. The van der Waals surface area contributed by atoms with Crippen LogP contribution in [0.5, 0.6) is 0 Å². The van der Waals surface area contributed by atoms with Crippen LogP contribution in [0, 0.1) is 0 Å². The van der Waals surface area contributed by atoms with Gasteiger partial charge in [-0.3, -0.25) is 4.79 Å². The van der Waals surface area contributed by atoms with E-state index in [1.165, 1.54) is 5.56 Å². The second kappa shape index (κ2) is 7.57. The summed E-state index contributed by atoms with van der Waals surface area (Å²) < 4.78 is 0. The van der Waals surface area contributed by atoms with E-state index in [-0.39, 0.29) is 18.0 Å². The van der Waals surface area contributed by atoms with Crippen LogP contribution in [0.1, 0.15) is 48.8 Å². The molecule has 0 unspecified atom stereocenters. The summed E-state index contributed by atoms with van der Waals surface area (Å²) in [7, 11) is -2.88. The third-order valence-corrected chi connectivity index (χ3v) is 13.9. The maximum Gasteiger partial charge on any atom is 0.254 e. The van der Waals surface area contributed by atoms with Crippen LogP contribution in [0.3, 0.4) is 0 Å². The Kier molecular flexibility index (Phi) is 6.67. The standard InChI is InChI=1S/C20H37NOSi2/c1-15(2)21(16(3)4)19(22)17-13-11-12-14-18(17)20(23(5,6)7)24(8,9)10/h11-16,20H,1-10H3. The number of carbonyl (C=O) groups excluding carboxylic acids is 1. The molecule has 0 heterocycles. The highest BCUT2D eigenvalue weighted by Gasteiger charge is 2.40. The molecular weight excluding hydrogens is 326 g/mol. The van der Waals surface area contributed by atoms with E-state index in [1.807, 2.05) is 17.0 Å². The fourth-order valence-corrected chi connectivity index (χ4v) is 17.1. The van der Waals surface area contributed by atoms with Gasteiger partial charge in [0.05, 0.1) is 0 Å². The maximum atomic E-state index is 13.4. The number of nitrogens with zero attached hydrogens (tertiary/aromatic N) is 1. The molecule has 0 spiro atoms. The van der Waals surface area contributed by atoms with Crippen LogP contribution in [0.2, 0.25) is 39.3 Å². The normalized spacial score (nSPS) is 13.0. The maximum absolute atomic E-state index is 13.4. The highest BCUT2D eigenvalue weighted by atomic mass is 28.4. The van der Waals surface area contributed by atoms with E-state index in [2.05, 4.69) is 79.1 Å². The summed E-state index contributed by atoms with van der Waals surface area (Å²) in [6.07, 6.45) is 0. The summed E-state index contributed by atoms with van der Waals surface area (Å²) in [4.78, 5) is 15.4. The zero-order chi connectivity index (χ0) is 18.9. The molecule has 0 aromatic heterocycles. The third kappa shape index (κ3) is 4.82. The first-order valence-electron chi connectivity index (χ1n) is 9.20. The first kappa shape index (κ1) is 21.2. The Morgan fingerprint density at radius 1 is 0.833 bits per heavy atom. The minimum absolute atomic E-state index is 0.192. The summed E-state index contributed by atoms with van der Waals surface area (Å²) >= 11 is 0. The Balaban J connectivity index is 3.52. The van der Waals surface area contributed by atoms with Crippen LogP contribution in [0.4, 0.5) is 0 Å². The van der Waals surface area contributed by atoms with Crippen molar-refractivity contribution in [2.75, 3.05) is 0 Å². The largest absolute Gasteiger partial charge is 0.334 e. The predicted octanol–water partition coefficient (Wildman–Crippen LogP) is 5.78. The lowest BCUT2D eigenvalue weighted by molar-refractivity contribution is 0.0643. The Labute approximate surface area is 151 Å². The zero-order valence-electron chi connectivity index (χ0n) is 17.4. The number of amides is 1. The number of rotatable bonds is 6. The molecular formula is C20H37NOSi2. The van der Waals surface area contributed by atoms with Crippen molar-refractivity contribution >= 4 is 22.1 Å². The van der Waals surface area contributed by atoms with Crippen molar-refractivity contribution in [3.05, 3.63) is 35.4 Å². The SMILES string of the molecule is CC(C)N(C(=O)c1ccccc1C([Si](C)(C)C)[Si](C)(C)C)C(C)C. The van der Waals surface area contributed by atoms with Crippen molar-refractivity contribution in [2.45, 2.75) is 84.2 Å². The lowest BCUT2D eigenvalue weighted by Gasteiger charge is -2.40. The van der Waals surface area contributed by atoms with E-state index in [0.717, 1.165) is 5.56 Å². The summed E-state index contributed by atoms with van der Waals surface area (Å²) in [6.45, 7) is 23.1. The molecule has 1 rings (SSSR count). The highest BCUT2D eigenvalue weighted by Crippen LogP contribution is 2.37. The molecule has 1 aromatic rings. The van der Waals surface area contributed by atoms with E-state index in [1.54, 1.807) is 0 Å². The molecule has 1 aromatic carbocycles. The molecule has 2 nitrogen and oxygen atoms in total. The van der Waals surface area contributed by atoms with Crippen LogP contribution in [0.25, 0.3) is 0 Å². The summed E-state index contributed by atoms with van der Waals surface area (Å²) in [5, 5.41) is 0.575. The van der Waals surface area contributed by atoms with Crippen LogP contribution < -0.4 is 0 Å². The molecule has 0 radical (unpaired) electrons. The fraction of sp³-hybridized carbons (Fsp3) is 0.650. The first-order valence-corrected chi connectivity index (χ1v) is 16.4. The van der Waals surface area contributed by atoms with Gasteiger partial charge in [0.15, 0.2) is 0 Å². The quantitative estimate of drug-likeness (QED) is 0.586. The second-order valence-corrected chi connectivity index (χ2v) is 20.8. The van der Waals surface area contributed by atoms with Crippen LogP contribution in [0.15, 0.2) is 24.3 Å². The number of hydrogen-bond donors (Lipinski definition) is 0. The van der Waals surface area contributed by atoms with Gasteiger partial charge in [0, 0.05) is 33.8 Å². The molecule has 0 aliphatic heterocycles. The van der Waals surface area contributed by atoms with Gasteiger partial charge in [0.25, 0.3) is 5.91 Å². The van der Waals surface area contributed by atoms with Gasteiger partial charge in [0.1, 0.15) is 0 Å². The molecule has 4 heteroatoms. The van der Waals surface area contributed by atoms with Gasteiger partial charge in [-0.1, -0.05) is 57.5 Å². The highest BCUT2D eigenvalue weighted by molar-refractivity contribution is 6.96. The van der Waals surface area contributed by atoms with Crippen LogP contribution in [-0.4, -0.2) is 39.0 Å². The number of benzene rings is 1. The summed E-state index contributed by atoms with van der Waals surface area (Å²) in [6, 6.07) is 8.80. The minimum Gasteiger partial charge on any atom is -0.334 e. The minimum atomic E-state index is -1.44. The Morgan fingerprint density at radius 2 is 1.25 bits per heavy atom. The molecule has 1 amide bonds. The van der Waals surface area contributed by atoms with Gasteiger partial charge in [-0.2, -0.15) is 0 Å².